The number of allylic oxidation sites excluding steroid dienone is 1. The maximum absolute atomic E-state index is 13.4. The van der Waals surface area contributed by atoms with E-state index in [1.807, 2.05) is 0 Å². The van der Waals surface area contributed by atoms with Gasteiger partial charge < -0.3 is 10.3 Å². The highest BCUT2D eigenvalue weighted by atomic mass is 19.1. The Morgan fingerprint density at radius 2 is 2.23 bits per heavy atom. The number of nitrogens with one attached hydrogen (secondary N) is 2. The van der Waals surface area contributed by atoms with Gasteiger partial charge in [0.25, 0.3) is 11.5 Å². The van der Waals surface area contributed by atoms with Crippen LogP contribution in [0.15, 0.2) is 34.6 Å². The number of fused-ring (bicyclic) bond motifs is 3. The molecule has 1 aliphatic rings. The zero-order valence-corrected chi connectivity index (χ0v) is 14.1. The maximum atomic E-state index is 13.4. The Labute approximate surface area is 147 Å². The number of amides is 1. The van der Waals surface area contributed by atoms with Crippen molar-refractivity contribution in [2.24, 2.45) is 0 Å². The van der Waals surface area contributed by atoms with E-state index in [9.17, 15) is 14.0 Å². The van der Waals surface area contributed by atoms with Gasteiger partial charge in [-0.15, -0.1) is 5.10 Å². The minimum Gasteiger partial charge on any atom is -0.350 e. The zero-order valence-electron chi connectivity index (χ0n) is 14.1. The molecule has 1 aromatic carbocycles. The minimum absolute atomic E-state index is 0.0323. The number of H-pyrrole nitrogens is 1. The predicted octanol–water partition coefficient (Wildman–Crippen LogP) is 2.33. The van der Waals surface area contributed by atoms with E-state index in [1.54, 1.807) is 0 Å². The zero-order chi connectivity index (χ0) is 18.1. The summed E-state index contributed by atoms with van der Waals surface area (Å²) in [5.74, 6) is -0.911. The minimum atomic E-state index is -0.534. The first-order valence-electron chi connectivity index (χ1n) is 8.66. The molecule has 7 nitrogen and oxygen atoms in total. The molecule has 134 valence electrons. The Bertz CT molecular complexity index is 1080. The lowest BCUT2D eigenvalue weighted by Crippen LogP contribution is -2.27. The summed E-state index contributed by atoms with van der Waals surface area (Å²) in [7, 11) is 0. The maximum Gasteiger partial charge on any atom is 0.277 e. The largest absolute Gasteiger partial charge is 0.350 e. The topological polar surface area (TPSA) is 92.2 Å². The van der Waals surface area contributed by atoms with Crippen molar-refractivity contribution in [1.82, 2.24) is 25.1 Å². The highest BCUT2D eigenvalue weighted by Crippen LogP contribution is 2.19. The molecule has 0 bridgehead atoms. The number of rotatable bonds is 4. The van der Waals surface area contributed by atoms with Crippen molar-refractivity contribution in [2.45, 2.75) is 32.1 Å². The van der Waals surface area contributed by atoms with E-state index in [0.717, 1.165) is 19.3 Å². The van der Waals surface area contributed by atoms with Gasteiger partial charge in [0.05, 0.1) is 11.0 Å². The van der Waals surface area contributed by atoms with Gasteiger partial charge in [-0.3, -0.25) is 9.59 Å². The third kappa shape index (κ3) is 2.98. The molecule has 1 aliphatic carbocycles. The average molecular weight is 355 g/mol. The fraction of sp³-hybridized carbons (Fsp3) is 0.333. The molecule has 0 spiro atoms. The molecule has 1 amide bonds. The summed E-state index contributed by atoms with van der Waals surface area (Å²) >= 11 is 0. The Kier molecular flexibility index (Phi) is 4.24. The second-order valence-corrected chi connectivity index (χ2v) is 6.43. The van der Waals surface area contributed by atoms with Crippen LogP contribution in [0.1, 0.15) is 42.6 Å². The van der Waals surface area contributed by atoms with Gasteiger partial charge in [0.2, 0.25) is 0 Å². The van der Waals surface area contributed by atoms with Crippen molar-refractivity contribution < 1.29 is 9.18 Å². The first-order chi connectivity index (χ1) is 12.6. The highest BCUT2D eigenvalue weighted by Gasteiger charge is 2.19. The van der Waals surface area contributed by atoms with Gasteiger partial charge in [-0.1, -0.05) is 16.9 Å². The van der Waals surface area contributed by atoms with E-state index >= 15 is 0 Å². The molecule has 4 rings (SSSR count). The van der Waals surface area contributed by atoms with Crippen LogP contribution in [0.2, 0.25) is 0 Å². The van der Waals surface area contributed by atoms with Crippen LogP contribution in [0.5, 0.6) is 0 Å². The number of hydrogen-bond donors (Lipinski definition) is 2. The molecule has 2 aromatic heterocycles. The van der Waals surface area contributed by atoms with Crippen LogP contribution in [0.4, 0.5) is 4.39 Å². The van der Waals surface area contributed by atoms with Gasteiger partial charge in [-0.05, 0) is 50.3 Å². The number of carbonyl (C=O) groups excluding carboxylic acids is 1. The van der Waals surface area contributed by atoms with Crippen LogP contribution in [-0.4, -0.2) is 32.3 Å². The fourth-order valence-electron chi connectivity index (χ4n) is 3.33. The van der Waals surface area contributed by atoms with Crippen molar-refractivity contribution in [3.05, 3.63) is 51.7 Å². The molecule has 0 atom stereocenters. The van der Waals surface area contributed by atoms with E-state index in [1.165, 1.54) is 41.1 Å². The number of halogens is 1. The predicted molar refractivity (Wildman–Crippen MR) is 94.6 cm³/mol. The first kappa shape index (κ1) is 16.4. The van der Waals surface area contributed by atoms with Gasteiger partial charge in [0, 0.05) is 6.54 Å². The summed E-state index contributed by atoms with van der Waals surface area (Å²) in [5, 5.41) is 10.6. The smallest absolute Gasteiger partial charge is 0.277 e. The normalized spacial score (nSPS) is 14.6. The van der Waals surface area contributed by atoms with Crippen LogP contribution in [0.3, 0.4) is 0 Å². The molecule has 8 heteroatoms. The third-order valence-corrected chi connectivity index (χ3v) is 4.65. The molecule has 0 radical (unpaired) electrons. The Hall–Kier alpha value is -3.03. The van der Waals surface area contributed by atoms with E-state index in [4.69, 9.17) is 0 Å². The van der Waals surface area contributed by atoms with Crippen molar-refractivity contribution in [3.8, 4) is 0 Å². The molecule has 0 saturated heterocycles. The molecule has 0 unspecified atom stereocenters. The average Bonchev–Trinajstić information content (AvgIpc) is 3.08. The molecule has 0 aliphatic heterocycles. The SMILES string of the molecule is O=C(NCCC1=CCCCC1)c1nnn2c1c(=O)[nH]c1cc(F)ccc12. The first-order valence-corrected chi connectivity index (χ1v) is 8.66. The molecule has 2 N–H and O–H groups in total. The summed E-state index contributed by atoms with van der Waals surface area (Å²) < 4.78 is 14.6. The Balaban J connectivity index is 1.60. The lowest BCUT2D eigenvalue weighted by atomic mass is 9.97. The van der Waals surface area contributed by atoms with Gasteiger partial charge in [0.15, 0.2) is 11.2 Å². The van der Waals surface area contributed by atoms with Gasteiger partial charge >= 0.3 is 0 Å². The van der Waals surface area contributed by atoms with Crippen LogP contribution in [-0.2, 0) is 0 Å². The van der Waals surface area contributed by atoms with Crippen LogP contribution < -0.4 is 10.9 Å². The van der Waals surface area contributed by atoms with Crippen LogP contribution >= 0.6 is 0 Å². The summed E-state index contributed by atoms with van der Waals surface area (Å²) in [6, 6.07) is 3.95. The van der Waals surface area contributed by atoms with Crippen molar-refractivity contribution in [1.29, 1.82) is 0 Å². The number of hydrogen-bond acceptors (Lipinski definition) is 4. The second-order valence-electron chi connectivity index (χ2n) is 6.43. The van der Waals surface area contributed by atoms with E-state index in [2.05, 4.69) is 26.7 Å². The summed E-state index contributed by atoms with van der Waals surface area (Å²) in [4.78, 5) is 27.4. The summed E-state index contributed by atoms with van der Waals surface area (Å²) in [5.41, 5.74) is 1.61. The standard InChI is InChI=1S/C18H18FN5O2/c19-12-6-7-14-13(10-12)21-18(26)16-15(22-23-24(14)16)17(25)20-9-8-11-4-2-1-3-5-11/h4,6-7,10H,1-3,5,8-9H2,(H,20,25)(H,21,26). The fourth-order valence-corrected chi connectivity index (χ4v) is 3.33. The van der Waals surface area contributed by atoms with E-state index < -0.39 is 17.3 Å². The van der Waals surface area contributed by atoms with Gasteiger partial charge in [-0.25, -0.2) is 8.91 Å². The number of benzene rings is 1. The molecule has 0 fully saturated rings. The lowest BCUT2D eigenvalue weighted by Gasteiger charge is -2.12. The van der Waals surface area contributed by atoms with E-state index in [-0.39, 0.29) is 11.2 Å². The third-order valence-electron chi connectivity index (χ3n) is 4.65. The highest BCUT2D eigenvalue weighted by molar-refractivity contribution is 5.99. The quantitative estimate of drug-likeness (QED) is 0.703. The Morgan fingerprint density at radius 3 is 3.04 bits per heavy atom. The van der Waals surface area contributed by atoms with Crippen molar-refractivity contribution >= 4 is 22.5 Å². The lowest BCUT2D eigenvalue weighted by molar-refractivity contribution is 0.0950. The molecule has 0 saturated carbocycles. The molecule has 2 heterocycles. The van der Waals surface area contributed by atoms with Crippen LogP contribution in [0, 0.1) is 5.82 Å². The van der Waals surface area contributed by atoms with Crippen molar-refractivity contribution in [2.75, 3.05) is 6.54 Å². The number of aromatic amines is 1. The summed E-state index contributed by atoms with van der Waals surface area (Å²) in [6.07, 6.45) is 7.62. The molecule has 26 heavy (non-hydrogen) atoms. The van der Waals surface area contributed by atoms with Gasteiger partial charge in [-0.2, -0.15) is 0 Å². The molecular weight excluding hydrogens is 337 g/mol. The van der Waals surface area contributed by atoms with Crippen LogP contribution in [0.25, 0.3) is 16.6 Å². The van der Waals surface area contributed by atoms with E-state index in [0.29, 0.717) is 17.6 Å². The van der Waals surface area contributed by atoms with Gasteiger partial charge in [0.1, 0.15) is 5.82 Å². The Morgan fingerprint density at radius 1 is 1.35 bits per heavy atom. The second kappa shape index (κ2) is 6.70. The molecule has 3 aromatic rings. The number of carbonyl (C=O) groups is 1. The number of nitrogens with zero attached hydrogens (tertiary/aromatic N) is 3. The number of aromatic nitrogens is 4. The molecular formula is C18H18FN5O2. The van der Waals surface area contributed by atoms with Crippen molar-refractivity contribution in [3.63, 3.8) is 0 Å². The summed E-state index contributed by atoms with van der Waals surface area (Å²) in [6.45, 7) is 0.486. The monoisotopic (exact) mass is 355 g/mol.